The molecule has 260 valence electrons. The van der Waals surface area contributed by atoms with Gasteiger partial charge in [-0.25, -0.2) is 9.78 Å². The molecule has 48 heavy (non-hydrogen) atoms. The number of carbonyl (C=O) groups excluding carboxylic acids is 5. The number of aliphatic carboxylic acids is 1. The monoisotopic (exact) mass is 668 g/mol. The third kappa shape index (κ3) is 8.69. The van der Waals surface area contributed by atoms with Crippen molar-refractivity contribution in [3.63, 3.8) is 0 Å². The SMILES string of the molecule is CCOC(=O)N1CCN(C(=O)C(CCC(=O)O)NC(=O)c2cc(OCC(=O)N3CCCC3C(=O)N(C)CC)c3ccc(C)cc3n2)CC1. The molecule has 0 spiro atoms. The lowest BCUT2D eigenvalue weighted by Gasteiger charge is -2.35. The second-order valence-electron chi connectivity index (χ2n) is 11.9. The van der Waals surface area contributed by atoms with Gasteiger partial charge in [0.05, 0.1) is 12.1 Å². The standard InChI is InChI=1S/C33H44N6O9/c1-5-36(4)32(45)26-8-7-13-39(26)28(40)20-48-27-19-25(34-24-18-21(3)9-10-22(24)27)30(43)35-23(11-12-29(41)42)31(44)37-14-16-38(17-15-37)33(46)47-6-2/h9-10,18-19,23,26H,5-8,11-17,20H2,1-4H3,(H,35,43)(H,41,42). The number of ether oxygens (including phenoxy) is 2. The molecule has 15 heteroatoms. The Labute approximate surface area is 279 Å². The molecule has 2 fully saturated rings. The van der Waals surface area contributed by atoms with Crippen LogP contribution in [0.2, 0.25) is 0 Å². The van der Waals surface area contributed by atoms with Gasteiger partial charge in [-0.05, 0) is 57.7 Å². The van der Waals surface area contributed by atoms with E-state index in [1.807, 2.05) is 19.9 Å². The van der Waals surface area contributed by atoms with Crippen molar-refractivity contribution in [2.45, 2.75) is 58.5 Å². The lowest BCUT2D eigenvalue weighted by Crippen LogP contribution is -2.56. The van der Waals surface area contributed by atoms with E-state index in [-0.39, 0.29) is 75.5 Å². The Bertz CT molecular complexity index is 1540. The molecule has 1 aromatic heterocycles. The van der Waals surface area contributed by atoms with Crippen molar-refractivity contribution in [2.75, 3.05) is 59.5 Å². The molecule has 2 aromatic rings. The van der Waals surface area contributed by atoms with Gasteiger partial charge < -0.3 is 39.5 Å². The third-order valence-electron chi connectivity index (χ3n) is 8.59. The van der Waals surface area contributed by atoms with Crippen molar-refractivity contribution in [2.24, 2.45) is 0 Å². The average Bonchev–Trinajstić information content (AvgIpc) is 3.57. The summed E-state index contributed by atoms with van der Waals surface area (Å²) in [6, 6.07) is 5.02. The summed E-state index contributed by atoms with van der Waals surface area (Å²) in [4.78, 5) is 87.3. The average molecular weight is 669 g/mol. The first kappa shape index (κ1) is 35.9. The smallest absolute Gasteiger partial charge is 0.409 e. The molecule has 2 N–H and O–H groups in total. The van der Waals surface area contributed by atoms with Crippen LogP contribution >= 0.6 is 0 Å². The van der Waals surface area contributed by atoms with Crippen molar-refractivity contribution in [1.82, 2.24) is 29.9 Å². The van der Waals surface area contributed by atoms with Gasteiger partial charge in [0.25, 0.3) is 11.8 Å². The zero-order valence-electron chi connectivity index (χ0n) is 27.9. The van der Waals surface area contributed by atoms with E-state index >= 15 is 0 Å². The maximum Gasteiger partial charge on any atom is 0.409 e. The molecular weight excluding hydrogens is 624 g/mol. The largest absolute Gasteiger partial charge is 0.483 e. The van der Waals surface area contributed by atoms with E-state index in [0.717, 1.165) is 5.56 Å². The number of carboxylic acid groups (broad SMARTS) is 1. The number of likely N-dealkylation sites (tertiary alicyclic amines) is 1. The highest BCUT2D eigenvalue weighted by atomic mass is 16.6. The highest BCUT2D eigenvalue weighted by molar-refractivity contribution is 5.99. The van der Waals surface area contributed by atoms with E-state index in [4.69, 9.17) is 9.47 Å². The number of nitrogens with zero attached hydrogens (tertiary/aromatic N) is 5. The Kier molecular flexibility index (Phi) is 12.1. The summed E-state index contributed by atoms with van der Waals surface area (Å²) in [5.74, 6) is -2.60. The fourth-order valence-electron chi connectivity index (χ4n) is 5.80. The Morgan fingerprint density at radius 1 is 1.04 bits per heavy atom. The molecule has 1 aromatic carbocycles. The molecule has 15 nitrogen and oxygen atoms in total. The predicted molar refractivity (Wildman–Crippen MR) is 173 cm³/mol. The Balaban J connectivity index is 1.52. The van der Waals surface area contributed by atoms with Crippen LogP contribution in [0.1, 0.15) is 55.6 Å². The first-order chi connectivity index (χ1) is 22.9. The molecule has 0 saturated carbocycles. The lowest BCUT2D eigenvalue weighted by atomic mass is 10.1. The molecule has 5 amide bonds. The number of likely N-dealkylation sites (N-methyl/N-ethyl adjacent to an activating group) is 1. The fraction of sp³-hybridized carbons (Fsp3) is 0.545. The maximum atomic E-state index is 13.6. The van der Waals surface area contributed by atoms with Gasteiger partial charge >= 0.3 is 12.1 Å². The van der Waals surface area contributed by atoms with Crippen molar-refractivity contribution < 1.29 is 43.3 Å². The van der Waals surface area contributed by atoms with Gasteiger partial charge in [0.1, 0.15) is 23.5 Å². The van der Waals surface area contributed by atoms with E-state index in [9.17, 15) is 33.9 Å². The van der Waals surface area contributed by atoms with Crippen LogP contribution in [0.5, 0.6) is 5.75 Å². The topological polar surface area (TPSA) is 179 Å². The Morgan fingerprint density at radius 3 is 2.42 bits per heavy atom. The second kappa shape index (κ2) is 16.2. The van der Waals surface area contributed by atoms with Gasteiger partial charge in [0.2, 0.25) is 11.8 Å². The van der Waals surface area contributed by atoms with Crippen LogP contribution in [-0.2, 0) is 23.9 Å². The van der Waals surface area contributed by atoms with Crippen LogP contribution < -0.4 is 10.1 Å². The molecule has 2 saturated heterocycles. The first-order valence-corrected chi connectivity index (χ1v) is 16.2. The predicted octanol–water partition coefficient (Wildman–Crippen LogP) is 1.66. The first-order valence-electron chi connectivity index (χ1n) is 16.2. The highest BCUT2D eigenvalue weighted by Gasteiger charge is 2.36. The number of rotatable bonds is 12. The van der Waals surface area contributed by atoms with Crippen LogP contribution in [0.25, 0.3) is 10.9 Å². The van der Waals surface area contributed by atoms with Gasteiger partial charge in [-0.1, -0.05) is 6.07 Å². The summed E-state index contributed by atoms with van der Waals surface area (Å²) in [5, 5.41) is 12.5. The number of hydrogen-bond acceptors (Lipinski definition) is 9. The molecule has 0 radical (unpaired) electrons. The fourth-order valence-corrected chi connectivity index (χ4v) is 5.80. The summed E-state index contributed by atoms with van der Waals surface area (Å²) >= 11 is 0. The van der Waals surface area contributed by atoms with E-state index in [1.54, 1.807) is 31.0 Å². The highest BCUT2D eigenvalue weighted by Crippen LogP contribution is 2.27. The van der Waals surface area contributed by atoms with Crippen LogP contribution in [0.15, 0.2) is 24.3 Å². The van der Waals surface area contributed by atoms with Crippen molar-refractivity contribution in [3.05, 3.63) is 35.5 Å². The van der Waals surface area contributed by atoms with Crippen molar-refractivity contribution in [3.8, 4) is 5.75 Å². The number of amides is 5. The van der Waals surface area contributed by atoms with Crippen LogP contribution in [0.3, 0.4) is 0 Å². The second-order valence-corrected chi connectivity index (χ2v) is 11.9. The summed E-state index contributed by atoms with van der Waals surface area (Å²) in [6.07, 6.45) is 0.263. The van der Waals surface area contributed by atoms with E-state index in [1.165, 1.54) is 20.8 Å². The number of piperazine rings is 1. The Morgan fingerprint density at radius 2 is 1.75 bits per heavy atom. The molecule has 2 unspecified atom stereocenters. The van der Waals surface area contributed by atoms with Crippen LogP contribution in [0.4, 0.5) is 4.79 Å². The van der Waals surface area contributed by atoms with Gasteiger partial charge in [-0.2, -0.15) is 0 Å². The number of aryl methyl sites for hydroxylation is 1. The van der Waals surface area contributed by atoms with Crippen LogP contribution in [-0.4, -0.2) is 137 Å². The summed E-state index contributed by atoms with van der Waals surface area (Å²) in [6.45, 7) is 7.09. The molecule has 2 aliphatic rings. The Hall–Kier alpha value is -4.95. The third-order valence-corrected chi connectivity index (χ3v) is 8.59. The van der Waals surface area contributed by atoms with Gasteiger partial charge in [-0.3, -0.25) is 24.0 Å². The zero-order chi connectivity index (χ0) is 35.0. The molecular formula is C33H44N6O9. The minimum Gasteiger partial charge on any atom is -0.483 e. The molecule has 2 atom stereocenters. The van der Waals surface area contributed by atoms with Gasteiger partial charge in [-0.15, -0.1) is 0 Å². The molecule has 3 heterocycles. The number of benzene rings is 1. The molecule has 2 aliphatic heterocycles. The number of fused-ring (bicyclic) bond motifs is 1. The van der Waals surface area contributed by atoms with Crippen molar-refractivity contribution >= 4 is 46.6 Å². The van der Waals surface area contributed by atoms with Gasteiger partial charge in [0, 0.05) is 64.2 Å². The maximum absolute atomic E-state index is 13.6. The number of pyridine rings is 1. The van der Waals surface area contributed by atoms with E-state index in [2.05, 4.69) is 10.3 Å². The number of nitrogens with one attached hydrogen (secondary N) is 1. The minimum atomic E-state index is -1.17. The number of hydrogen-bond donors (Lipinski definition) is 2. The molecule has 4 rings (SSSR count). The molecule has 0 aliphatic carbocycles. The zero-order valence-corrected chi connectivity index (χ0v) is 27.9. The quantitative estimate of drug-likeness (QED) is 0.338. The summed E-state index contributed by atoms with van der Waals surface area (Å²) in [5.41, 5.74) is 1.20. The normalized spacial score (nSPS) is 16.8. The van der Waals surface area contributed by atoms with Gasteiger partial charge in [0.15, 0.2) is 6.61 Å². The minimum absolute atomic E-state index is 0.0883. The number of carbonyl (C=O) groups is 6. The van der Waals surface area contributed by atoms with E-state index in [0.29, 0.717) is 36.8 Å². The number of carboxylic acids is 1. The van der Waals surface area contributed by atoms with Crippen LogP contribution in [0, 0.1) is 6.92 Å². The summed E-state index contributed by atoms with van der Waals surface area (Å²) in [7, 11) is 1.70. The van der Waals surface area contributed by atoms with Crippen molar-refractivity contribution in [1.29, 1.82) is 0 Å². The van der Waals surface area contributed by atoms with E-state index < -0.39 is 36.0 Å². The number of aromatic nitrogens is 1. The molecule has 0 bridgehead atoms. The summed E-state index contributed by atoms with van der Waals surface area (Å²) < 4.78 is 11.0. The lowest BCUT2D eigenvalue weighted by molar-refractivity contribution is -0.144.